The van der Waals surface area contributed by atoms with E-state index in [1.54, 1.807) is 0 Å². The minimum Gasteiger partial charge on any atom is -0.393 e. The quantitative estimate of drug-likeness (QED) is 0.794. The zero-order valence-corrected chi connectivity index (χ0v) is 11.5. The third-order valence-electron chi connectivity index (χ3n) is 3.84. The number of halogens is 2. The second-order valence-electron chi connectivity index (χ2n) is 5.34. The van der Waals surface area contributed by atoms with Crippen molar-refractivity contribution < 1.29 is 18.7 Å². The van der Waals surface area contributed by atoms with Crippen molar-refractivity contribution in [2.75, 3.05) is 0 Å². The van der Waals surface area contributed by atoms with E-state index >= 15 is 0 Å². The zero-order valence-electron chi connectivity index (χ0n) is 11.5. The van der Waals surface area contributed by atoms with Gasteiger partial charge in [0.1, 0.15) is 18.0 Å². The lowest BCUT2D eigenvalue weighted by Gasteiger charge is -2.38. The number of amides is 1. The van der Waals surface area contributed by atoms with Crippen LogP contribution in [0.2, 0.25) is 0 Å². The molecular weight excluding hydrogens is 294 g/mol. The number of nitrogens with one attached hydrogen (secondary N) is 2. The normalized spacial score (nSPS) is 22.0. The van der Waals surface area contributed by atoms with Crippen molar-refractivity contribution in [1.29, 1.82) is 0 Å². The van der Waals surface area contributed by atoms with Crippen LogP contribution in [0, 0.1) is 17.6 Å². The van der Waals surface area contributed by atoms with E-state index in [9.17, 15) is 18.7 Å². The van der Waals surface area contributed by atoms with Crippen LogP contribution in [0.3, 0.4) is 0 Å². The molecule has 1 aliphatic rings. The van der Waals surface area contributed by atoms with E-state index in [0.29, 0.717) is 12.8 Å². The Balaban J connectivity index is 1.85. The molecule has 0 saturated heterocycles. The molecule has 6 nitrogen and oxygen atoms in total. The van der Waals surface area contributed by atoms with Gasteiger partial charge in [-0.25, -0.2) is 13.8 Å². The summed E-state index contributed by atoms with van der Waals surface area (Å²) in [6.07, 6.45) is 1.62. The second kappa shape index (κ2) is 5.80. The molecule has 8 heteroatoms. The Morgan fingerprint density at radius 2 is 2.18 bits per heavy atom. The van der Waals surface area contributed by atoms with E-state index in [1.807, 2.05) is 0 Å². The first-order valence-electron chi connectivity index (χ1n) is 6.84. The van der Waals surface area contributed by atoms with Gasteiger partial charge in [-0.1, -0.05) is 6.07 Å². The smallest absolute Gasteiger partial charge is 0.289 e. The fraction of sp³-hybridized carbons (Fsp3) is 0.357. The molecule has 3 N–H and O–H groups in total. The number of H-pyrrole nitrogens is 1. The van der Waals surface area contributed by atoms with Gasteiger partial charge in [0.2, 0.25) is 5.82 Å². The second-order valence-corrected chi connectivity index (χ2v) is 5.34. The predicted molar refractivity (Wildman–Crippen MR) is 71.7 cm³/mol. The Labute approximate surface area is 124 Å². The van der Waals surface area contributed by atoms with E-state index in [2.05, 4.69) is 20.5 Å². The maximum atomic E-state index is 14.0. The van der Waals surface area contributed by atoms with Crippen molar-refractivity contribution in [2.45, 2.75) is 25.0 Å². The average Bonchev–Trinajstić information content (AvgIpc) is 2.96. The summed E-state index contributed by atoms with van der Waals surface area (Å²) >= 11 is 0. The van der Waals surface area contributed by atoms with E-state index in [1.165, 1.54) is 12.4 Å². The van der Waals surface area contributed by atoms with Crippen molar-refractivity contribution in [3.63, 3.8) is 0 Å². The molecule has 0 aliphatic heterocycles. The van der Waals surface area contributed by atoms with Gasteiger partial charge in [0.25, 0.3) is 5.91 Å². The zero-order chi connectivity index (χ0) is 15.7. The van der Waals surface area contributed by atoms with Gasteiger partial charge in [-0.15, -0.1) is 0 Å². The highest BCUT2D eigenvalue weighted by molar-refractivity contribution is 5.90. The number of rotatable bonds is 4. The molecule has 1 amide bonds. The topological polar surface area (TPSA) is 90.9 Å². The first kappa shape index (κ1) is 14.6. The molecule has 0 bridgehead atoms. The SMILES string of the molecule is O=C(NC(c1ccc(F)cc1F)C1CC(O)C1)c1ncn[nH]1. The van der Waals surface area contributed by atoms with E-state index < -0.39 is 29.7 Å². The largest absolute Gasteiger partial charge is 0.393 e. The number of aliphatic hydroxyl groups excluding tert-OH is 1. The maximum absolute atomic E-state index is 14.0. The lowest BCUT2D eigenvalue weighted by atomic mass is 9.75. The summed E-state index contributed by atoms with van der Waals surface area (Å²) in [7, 11) is 0. The molecule has 116 valence electrons. The molecule has 1 heterocycles. The van der Waals surface area contributed by atoms with Crippen LogP contribution in [0.1, 0.15) is 35.1 Å². The molecule has 0 spiro atoms. The van der Waals surface area contributed by atoms with Gasteiger partial charge >= 0.3 is 0 Å². The molecule has 22 heavy (non-hydrogen) atoms. The summed E-state index contributed by atoms with van der Waals surface area (Å²) in [6, 6.07) is 2.56. The Morgan fingerprint density at radius 1 is 1.41 bits per heavy atom. The van der Waals surface area contributed by atoms with Crippen molar-refractivity contribution in [1.82, 2.24) is 20.5 Å². The molecule has 1 unspecified atom stereocenters. The summed E-state index contributed by atoms with van der Waals surface area (Å²) in [5.74, 6) is -2.07. The van der Waals surface area contributed by atoms with Gasteiger partial charge in [-0.2, -0.15) is 5.10 Å². The van der Waals surface area contributed by atoms with Crippen molar-refractivity contribution in [3.8, 4) is 0 Å². The molecule has 2 aromatic rings. The Morgan fingerprint density at radius 3 is 2.77 bits per heavy atom. The van der Waals surface area contributed by atoms with Crippen LogP contribution in [0.25, 0.3) is 0 Å². The van der Waals surface area contributed by atoms with E-state index in [0.717, 1.165) is 12.1 Å². The Kier molecular flexibility index (Phi) is 3.84. The average molecular weight is 308 g/mol. The first-order chi connectivity index (χ1) is 10.5. The number of carbonyl (C=O) groups excluding carboxylic acids is 1. The molecule has 0 radical (unpaired) electrons. The van der Waals surface area contributed by atoms with Gasteiger partial charge in [0.15, 0.2) is 0 Å². The van der Waals surface area contributed by atoms with Gasteiger partial charge in [0.05, 0.1) is 12.1 Å². The highest BCUT2D eigenvalue weighted by Crippen LogP contribution is 2.39. The lowest BCUT2D eigenvalue weighted by molar-refractivity contribution is 0.0228. The monoisotopic (exact) mass is 308 g/mol. The molecule has 1 fully saturated rings. The van der Waals surface area contributed by atoms with Crippen LogP contribution >= 0.6 is 0 Å². The van der Waals surface area contributed by atoms with Crippen molar-refractivity contribution in [2.24, 2.45) is 5.92 Å². The molecule has 1 saturated carbocycles. The molecule has 1 atom stereocenters. The number of hydrogen-bond donors (Lipinski definition) is 3. The standard InChI is InChI=1S/C14H14F2N4O2/c15-8-1-2-10(11(16)5-8)12(7-3-9(21)4-7)19-14(22)13-17-6-18-20-13/h1-2,5-7,9,12,21H,3-4H2,(H,19,22)(H,17,18,20). The van der Waals surface area contributed by atoms with Gasteiger partial charge in [-0.05, 0) is 24.8 Å². The number of carbonyl (C=O) groups is 1. The molecular formula is C14H14F2N4O2. The van der Waals surface area contributed by atoms with Crippen LogP contribution in [0.15, 0.2) is 24.5 Å². The highest BCUT2D eigenvalue weighted by Gasteiger charge is 2.37. The van der Waals surface area contributed by atoms with Gasteiger partial charge in [-0.3, -0.25) is 9.89 Å². The minimum absolute atomic E-state index is 0.00684. The predicted octanol–water partition coefficient (Wildman–Crippen LogP) is 1.32. The van der Waals surface area contributed by atoms with Crippen LogP contribution in [0.4, 0.5) is 8.78 Å². The summed E-state index contributed by atoms with van der Waals surface area (Å²) in [5.41, 5.74) is 0.186. The maximum Gasteiger partial charge on any atom is 0.289 e. The van der Waals surface area contributed by atoms with Crippen molar-refractivity contribution >= 4 is 5.91 Å². The molecule has 1 aromatic carbocycles. The van der Waals surface area contributed by atoms with Crippen LogP contribution in [-0.2, 0) is 0 Å². The number of aromatic nitrogens is 3. The highest BCUT2D eigenvalue weighted by atomic mass is 19.1. The lowest BCUT2D eigenvalue weighted by Crippen LogP contribution is -2.42. The molecule has 1 aliphatic carbocycles. The summed E-state index contributed by atoms with van der Waals surface area (Å²) in [5, 5.41) is 18.1. The molecule has 1 aromatic heterocycles. The van der Waals surface area contributed by atoms with Crippen molar-refractivity contribution in [3.05, 3.63) is 47.5 Å². The minimum atomic E-state index is -0.732. The van der Waals surface area contributed by atoms with E-state index in [4.69, 9.17) is 0 Å². The van der Waals surface area contributed by atoms with Crippen LogP contribution < -0.4 is 5.32 Å². The van der Waals surface area contributed by atoms with E-state index in [-0.39, 0.29) is 17.3 Å². The number of benzene rings is 1. The third kappa shape index (κ3) is 2.82. The number of aromatic amines is 1. The fourth-order valence-electron chi connectivity index (χ4n) is 2.63. The van der Waals surface area contributed by atoms with Crippen LogP contribution in [-0.4, -0.2) is 32.3 Å². The Hall–Kier alpha value is -2.35. The number of hydrogen-bond acceptors (Lipinski definition) is 4. The summed E-state index contributed by atoms with van der Waals surface area (Å²) in [4.78, 5) is 15.8. The Bertz CT molecular complexity index is 671. The number of nitrogens with zero attached hydrogens (tertiary/aromatic N) is 2. The molecule has 3 rings (SSSR count). The first-order valence-corrected chi connectivity index (χ1v) is 6.84. The summed E-state index contributed by atoms with van der Waals surface area (Å²) in [6.45, 7) is 0. The van der Waals surface area contributed by atoms with Gasteiger partial charge < -0.3 is 10.4 Å². The fourth-order valence-corrected chi connectivity index (χ4v) is 2.63. The van der Waals surface area contributed by atoms with Gasteiger partial charge in [0, 0.05) is 11.6 Å². The summed E-state index contributed by atoms with van der Waals surface area (Å²) < 4.78 is 27.1. The number of aliphatic hydroxyl groups is 1. The van der Waals surface area contributed by atoms with Crippen LogP contribution in [0.5, 0.6) is 0 Å². The third-order valence-corrected chi connectivity index (χ3v) is 3.84.